The third-order valence-electron chi connectivity index (χ3n) is 4.16. The number of hydrogen-bond donors (Lipinski definition) is 0. The van der Waals surface area contributed by atoms with E-state index in [4.69, 9.17) is 0 Å². The minimum Gasteiger partial charge on any atom is -0.122 e. The second-order valence-corrected chi connectivity index (χ2v) is 7.85. The molecule has 2 heteroatoms. The summed E-state index contributed by atoms with van der Waals surface area (Å²) in [5, 5.41) is 0. The number of hydrogen-bond acceptors (Lipinski definition) is 0. The van der Waals surface area contributed by atoms with Crippen molar-refractivity contribution in [2.24, 2.45) is 0 Å². The molecule has 0 bridgehead atoms. The van der Waals surface area contributed by atoms with Crippen LogP contribution in [0.3, 0.4) is 0 Å². The lowest BCUT2D eigenvalue weighted by atomic mass is 10.1. The van der Waals surface area contributed by atoms with Crippen molar-refractivity contribution >= 4 is 25.6 Å². The lowest BCUT2D eigenvalue weighted by molar-refractivity contribution is 0.555. The van der Waals surface area contributed by atoms with Gasteiger partial charge in [0, 0.05) is 0 Å². The quantitative estimate of drug-likeness (QED) is 0.176. The molecular formula is C19H42BrP. The van der Waals surface area contributed by atoms with Crippen LogP contribution >= 0.6 is 25.6 Å². The molecule has 0 fully saturated rings. The molecule has 1 unspecified atom stereocenters. The lowest BCUT2D eigenvalue weighted by Crippen LogP contribution is -1.85. The first kappa shape index (κ1) is 24.2. The number of halogens is 1. The summed E-state index contributed by atoms with van der Waals surface area (Å²) in [6.45, 7) is 4.60. The van der Waals surface area contributed by atoms with Gasteiger partial charge in [-0.05, 0) is 25.2 Å². The summed E-state index contributed by atoms with van der Waals surface area (Å²) in [6.07, 6.45) is 25.0. The van der Waals surface area contributed by atoms with Gasteiger partial charge < -0.3 is 0 Å². The minimum atomic E-state index is 0. The van der Waals surface area contributed by atoms with Gasteiger partial charge in [-0.2, -0.15) is 0 Å². The van der Waals surface area contributed by atoms with Crippen LogP contribution < -0.4 is 0 Å². The van der Waals surface area contributed by atoms with Crippen molar-refractivity contribution in [3.05, 3.63) is 0 Å². The predicted octanol–water partition coefficient (Wildman–Crippen LogP) is 8.13. The monoisotopic (exact) mass is 380 g/mol. The van der Waals surface area contributed by atoms with E-state index in [1.165, 1.54) is 117 Å². The van der Waals surface area contributed by atoms with E-state index in [9.17, 15) is 0 Å². The molecule has 0 rings (SSSR count). The van der Waals surface area contributed by atoms with Crippen LogP contribution in [0.5, 0.6) is 0 Å². The third-order valence-corrected chi connectivity index (χ3v) is 5.58. The topological polar surface area (TPSA) is 0 Å². The molecule has 0 saturated heterocycles. The standard InChI is InChI=1S/C19H41P.BrH/c1-3-5-7-9-10-11-12-13-14-15-17-19-20-18-16-8-6-4-2;/h20H,3-19H2,1-2H3;1H. The Morgan fingerprint density at radius 2 is 0.714 bits per heavy atom. The van der Waals surface area contributed by atoms with Crippen molar-refractivity contribution in [3.63, 3.8) is 0 Å². The van der Waals surface area contributed by atoms with E-state index >= 15 is 0 Å². The second-order valence-electron chi connectivity index (χ2n) is 6.35. The summed E-state index contributed by atoms with van der Waals surface area (Å²) in [6, 6.07) is 0. The van der Waals surface area contributed by atoms with Crippen molar-refractivity contribution in [1.82, 2.24) is 0 Å². The fraction of sp³-hybridized carbons (Fsp3) is 1.00. The molecule has 0 heterocycles. The Morgan fingerprint density at radius 3 is 1.10 bits per heavy atom. The van der Waals surface area contributed by atoms with Crippen molar-refractivity contribution < 1.29 is 0 Å². The fourth-order valence-electron chi connectivity index (χ4n) is 2.72. The molecule has 0 aromatic rings. The highest BCUT2D eigenvalue weighted by molar-refractivity contribution is 8.93. The van der Waals surface area contributed by atoms with E-state index in [0.29, 0.717) is 0 Å². The Kier molecular flexibility index (Phi) is 26.7. The Balaban J connectivity index is 0. The first-order valence-corrected chi connectivity index (χ1v) is 11.0. The van der Waals surface area contributed by atoms with E-state index in [1.807, 2.05) is 0 Å². The highest BCUT2D eigenvalue weighted by Gasteiger charge is 1.94. The Labute approximate surface area is 148 Å². The van der Waals surface area contributed by atoms with Crippen molar-refractivity contribution in [1.29, 1.82) is 0 Å². The highest BCUT2D eigenvalue weighted by Crippen LogP contribution is 2.18. The summed E-state index contributed by atoms with van der Waals surface area (Å²) >= 11 is 0. The molecule has 0 N–H and O–H groups in total. The summed E-state index contributed by atoms with van der Waals surface area (Å²) in [5.41, 5.74) is 0. The molecule has 0 nitrogen and oxygen atoms in total. The van der Waals surface area contributed by atoms with Crippen LogP contribution in [0.15, 0.2) is 0 Å². The maximum absolute atomic E-state index is 2.30. The molecule has 21 heavy (non-hydrogen) atoms. The molecule has 1 atom stereocenters. The van der Waals surface area contributed by atoms with Crippen LogP contribution in [0.4, 0.5) is 0 Å². The third kappa shape index (κ3) is 23.3. The average molecular weight is 381 g/mol. The smallest absolute Gasteiger partial charge is 0.0353 e. The maximum Gasteiger partial charge on any atom is -0.0353 e. The van der Waals surface area contributed by atoms with Gasteiger partial charge in [0.25, 0.3) is 0 Å². The van der Waals surface area contributed by atoms with Gasteiger partial charge in [0.15, 0.2) is 0 Å². The molecule has 0 aliphatic heterocycles. The summed E-state index contributed by atoms with van der Waals surface area (Å²) < 4.78 is 0. The van der Waals surface area contributed by atoms with E-state index in [-0.39, 0.29) is 17.0 Å². The zero-order valence-corrected chi connectivity index (χ0v) is 17.6. The SMILES string of the molecule is Br.CCCCCCCCCCCCCPCCCCCC. The molecule has 0 saturated carbocycles. The maximum atomic E-state index is 2.30. The predicted molar refractivity (Wildman–Crippen MR) is 109 cm³/mol. The number of rotatable bonds is 17. The van der Waals surface area contributed by atoms with Gasteiger partial charge in [0.05, 0.1) is 0 Å². The van der Waals surface area contributed by atoms with E-state index in [1.54, 1.807) is 0 Å². The van der Waals surface area contributed by atoms with Crippen LogP contribution in [0, 0.1) is 0 Å². The second kappa shape index (κ2) is 23.2. The van der Waals surface area contributed by atoms with Crippen LogP contribution in [0.1, 0.15) is 110 Å². The summed E-state index contributed by atoms with van der Waals surface area (Å²) in [4.78, 5) is 0. The van der Waals surface area contributed by atoms with Crippen molar-refractivity contribution in [3.8, 4) is 0 Å². The molecule has 0 aromatic carbocycles. The van der Waals surface area contributed by atoms with Gasteiger partial charge >= 0.3 is 0 Å². The Hall–Kier alpha value is 0.910. The molecule has 130 valence electrons. The van der Waals surface area contributed by atoms with Gasteiger partial charge in [0.1, 0.15) is 0 Å². The Bertz CT molecular complexity index is 144. The van der Waals surface area contributed by atoms with Gasteiger partial charge in [-0.15, -0.1) is 25.6 Å². The van der Waals surface area contributed by atoms with Crippen LogP contribution in [0.2, 0.25) is 0 Å². The molecular weight excluding hydrogens is 339 g/mol. The first-order chi connectivity index (χ1) is 9.91. The first-order valence-electron chi connectivity index (χ1n) is 9.62. The van der Waals surface area contributed by atoms with Gasteiger partial charge in [-0.3, -0.25) is 0 Å². The van der Waals surface area contributed by atoms with Crippen LogP contribution in [-0.4, -0.2) is 12.3 Å². The Morgan fingerprint density at radius 1 is 0.429 bits per heavy atom. The van der Waals surface area contributed by atoms with Gasteiger partial charge in [-0.1, -0.05) is 97.3 Å². The molecule has 0 aromatic heterocycles. The van der Waals surface area contributed by atoms with Crippen molar-refractivity contribution in [2.45, 2.75) is 110 Å². The minimum absolute atomic E-state index is 0. The van der Waals surface area contributed by atoms with Crippen molar-refractivity contribution in [2.75, 3.05) is 12.3 Å². The molecule has 0 spiro atoms. The fourth-order valence-corrected chi connectivity index (χ4v) is 3.97. The van der Waals surface area contributed by atoms with Gasteiger partial charge in [-0.25, -0.2) is 0 Å². The normalized spacial score (nSPS) is 11.1. The molecule has 0 aliphatic carbocycles. The van der Waals surface area contributed by atoms with E-state index in [2.05, 4.69) is 13.8 Å². The molecule has 0 radical (unpaired) electrons. The zero-order chi connectivity index (χ0) is 14.7. The largest absolute Gasteiger partial charge is 0.122 e. The molecule has 0 amide bonds. The molecule has 0 aliphatic rings. The van der Waals surface area contributed by atoms with Gasteiger partial charge in [0.2, 0.25) is 0 Å². The van der Waals surface area contributed by atoms with Crippen LogP contribution in [0.25, 0.3) is 0 Å². The van der Waals surface area contributed by atoms with E-state index < -0.39 is 0 Å². The zero-order valence-electron chi connectivity index (χ0n) is 14.9. The lowest BCUT2D eigenvalue weighted by Gasteiger charge is -2.03. The average Bonchev–Trinajstić information content (AvgIpc) is 2.47. The summed E-state index contributed by atoms with van der Waals surface area (Å²) in [7, 11) is 1.26. The summed E-state index contributed by atoms with van der Waals surface area (Å²) in [5.74, 6) is 0. The number of unbranched alkanes of at least 4 members (excludes halogenated alkanes) is 13. The highest BCUT2D eigenvalue weighted by atomic mass is 79.9. The van der Waals surface area contributed by atoms with E-state index in [0.717, 1.165) is 0 Å². The van der Waals surface area contributed by atoms with Crippen LogP contribution in [-0.2, 0) is 0 Å².